The fraction of sp³-hybridized carbons (Fsp3) is 0.636. The fourth-order valence-corrected chi connectivity index (χ4v) is 3.95. The van der Waals surface area contributed by atoms with E-state index in [0.29, 0.717) is 18.5 Å². The lowest BCUT2D eigenvalue weighted by Crippen LogP contribution is -2.34. The third kappa shape index (κ3) is 6.06. The third-order valence-electron chi connectivity index (χ3n) is 5.80. The zero-order valence-electron chi connectivity index (χ0n) is 16.6. The van der Waals surface area contributed by atoms with Crippen LogP contribution in [-0.4, -0.2) is 54.3 Å². The molecule has 2 amide bonds. The van der Waals surface area contributed by atoms with E-state index < -0.39 is 0 Å². The van der Waals surface area contributed by atoms with Crippen LogP contribution < -0.4 is 5.32 Å². The van der Waals surface area contributed by atoms with Crippen molar-refractivity contribution in [2.45, 2.75) is 52.0 Å². The van der Waals surface area contributed by atoms with E-state index in [-0.39, 0.29) is 11.8 Å². The smallest absolute Gasteiger partial charge is 0.251 e. The standard InChI is InChI=1S/C22H33N3O2/c1-18-9-14-24(15-10-18)12-3-2-11-23-22(27)20-7-4-6-19(16-20)17-25-13-5-8-21(25)26/h4,6-7,16,18H,2-3,5,8-15,17H2,1H3,(H,23,27). The third-order valence-corrected chi connectivity index (χ3v) is 5.80. The zero-order chi connectivity index (χ0) is 19.1. The molecule has 0 aliphatic carbocycles. The highest BCUT2D eigenvalue weighted by atomic mass is 16.2. The highest BCUT2D eigenvalue weighted by molar-refractivity contribution is 5.94. The summed E-state index contributed by atoms with van der Waals surface area (Å²) in [4.78, 5) is 28.6. The van der Waals surface area contributed by atoms with E-state index in [1.165, 1.54) is 25.9 Å². The number of rotatable bonds is 8. The molecule has 5 heteroatoms. The monoisotopic (exact) mass is 371 g/mol. The molecule has 0 aromatic heterocycles. The van der Waals surface area contributed by atoms with Gasteiger partial charge in [-0.25, -0.2) is 0 Å². The van der Waals surface area contributed by atoms with Gasteiger partial charge in [-0.15, -0.1) is 0 Å². The van der Waals surface area contributed by atoms with Gasteiger partial charge in [0, 0.05) is 31.6 Å². The predicted molar refractivity (Wildman–Crippen MR) is 107 cm³/mol. The summed E-state index contributed by atoms with van der Waals surface area (Å²) < 4.78 is 0. The molecule has 1 N–H and O–H groups in total. The first-order valence-electron chi connectivity index (χ1n) is 10.5. The summed E-state index contributed by atoms with van der Waals surface area (Å²) in [6.07, 6.45) is 6.36. The average Bonchev–Trinajstić information content (AvgIpc) is 3.07. The second kappa shape index (κ2) is 9.88. The van der Waals surface area contributed by atoms with Gasteiger partial charge in [0.15, 0.2) is 0 Å². The maximum Gasteiger partial charge on any atom is 0.251 e. The van der Waals surface area contributed by atoms with E-state index in [1.807, 2.05) is 29.2 Å². The molecule has 148 valence electrons. The van der Waals surface area contributed by atoms with Gasteiger partial charge in [0.25, 0.3) is 5.91 Å². The number of carbonyl (C=O) groups is 2. The van der Waals surface area contributed by atoms with Crippen molar-refractivity contribution in [1.29, 1.82) is 0 Å². The molecule has 2 heterocycles. The van der Waals surface area contributed by atoms with Gasteiger partial charge in [-0.05, 0) is 75.4 Å². The van der Waals surface area contributed by atoms with Gasteiger partial charge in [0.05, 0.1) is 0 Å². The number of nitrogens with zero attached hydrogens (tertiary/aromatic N) is 2. The summed E-state index contributed by atoms with van der Waals surface area (Å²) in [6.45, 7) is 8.07. The van der Waals surface area contributed by atoms with Crippen LogP contribution in [0.15, 0.2) is 24.3 Å². The number of hydrogen-bond donors (Lipinski definition) is 1. The summed E-state index contributed by atoms with van der Waals surface area (Å²) in [5, 5.41) is 3.04. The number of benzene rings is 1. The Hall–Kier alpha value is -1.88. The Morgan fingerprint density at radius 3 is 2.74 bits per heavy atom. The van der Waals surface area contributed by atoms with Crippen LogP contribution in [-0.2, 0) is 11.3 Å². The molecule has 0 spiro atoms. The normalized spacial score (nSPS) is 18.9. The molecule has 1 aromatic rings. The molecular formula is C22H33N3O2. The van der Waals surface area contributed by atoms with E-state index >= 15 is 0 Å². The van der Waals surface area contributed by atoms with Crippen molar-refractivity contribution in [1.82, 2.24) is 15.1 Å². The van der Waals surface area contributed by atoms with Crippen molar-refractivity contribution >= 4 is 11.8 Å². The van der Waals surface area contributed by atoms with Crippen LogP contribution in [0.25, 0.3) is 0 Å². The Bertz CT molecular complexity index is 638. The Labute approximate surface area is 163 Å². The van der Waals surface area contributed by atoms with Crippen LogP contribution in [0.2, 0.25) is 0 Å². The van der Waals surface area contributed by atoms with Gasteiger partial charge in [-0.3, -0.25) is 9.59 Å². The number of likely N-dealkylation sites (tertiary alicyclic amines) is 2. The number of nitrogens with one attached hydrogen (secondary N) is 1. The van der Waals surface area contributed by atoms with E-state index in [1.54, 1.807) is 0 Å². The van der Waals surface area contributed by atoms with Crippen LogP contribution >= 0.6 is 0 Å². The first kappa shape index (κ1) is 19.9. The zero-order valence-corrected chi connectivity index (χ0v) is 16.6. The molecule has 1 aromatic carbocycles. The molecule has 0 saturated carbocycles. The number of amides is 2. The number of piperidine rings is 1. The summed E-state index contributed by atoms with van der Waals surface area (Å²) >= 11 is 0. The van der Waals surface area contributed by atoms with Crippen molar-refractivity contribution in [2.24, 2.45) is 5.92 Å². The lowest BCUT2D eigenvalue weighted by atomic mass is 9.99. The maximum absolute atomic E-state index is 12.4. The predicted octanol–water partition coefficient (Wildman–Crippen LogP) is 3.05. The second-order valence-electron chi connectivity index (χ2n) is 8.11. The van der Waals surface area contributed by atoms with Crippen LogP contribution in [0, 0.1) is 5.92 Å². The second-order valence-corrected chi connectivity index (χ2v) is 8.11. The van der Waals surface area contributed by atoms with Crippen molar-refractivity contribution < 1.29 is 9.59 Å². The van der Waals surface area contributed by atoms with Crippen molar-refractivity contribution in [3.05, 3.63) is 35.4 Å². The Morgan fingerprint density at radius 2 is 2.00 bits per heavy atom. The van der Waals surface area contributed by atoms with E-state index in [9.17, 15) is 9.59 Å². The molecule has 2 aliphatic heterocycles. The largest absolute Gasteiger partial charge is 0.352 e. The maximum atomic E-state index is 12.4. The lowest BCUT2D eigenvalue weighted by Gasteiger charge is -2.30. The minimum Gasteiger partial charge on any atom is -0.352 e. The van der Waals surface area contributed by atoms with Gasteiger partial charge in [0.1, 0.15) is 0 Å². The van der Waals surface area contributed by atoms with E-state index in [2.05, 4.69) is 17.1 Å². The summed E-state index contributed by atoms with van der Waals surface area (Å²) in [7, 11) is 0. The highest BCUT2D eigenvalue weighted by Gasteiger charge is 2.20. The molecule has 0 radical (unpaired) electrons. The molecule has 0 bridgehead atoms. The molecule has 0 unspecified atom stereocenters. The molecule has 5 nitrogen and oxygen atoms in total. The van der Waals surface area contributed by atoms with Gasteiger partial charge >= 0.3 is 0 Å². The number of unbranched alkanes of at least 4 members (excludes halogenated alkanes) is 1. The van der Waals surface area contributed by atoms with E-state index in [0.717, 1.165) is 50.4 Å². The fourth-order valence-electron chi connectivity index (χ4n) is 3.95. The lowest BCUT2D eigenvalue weighted by molar-refractivity contribution is -0.128. The average molecular weight is 372 g/mol. The molecule has 2 aliphatic rings. The van der Waals surface area contributed by atoms with Crippen LogP contribution in [0.5, 0.6) is 0 Å². The summed E-state index contributed by atoms with van der Waals surface area (Å²) in [5.74, 6) is 1.07. The highest BCUT2D eigenvalue weighted by Crippen LogP contribution is 2.16. The quantitative estimate of drug-likeness (QED) is 0.715. The summed E-state index contributed by atoms with van der Waals surface area (Å²) in [5.41, 5.74) is 1.71. The van der Waals surface area contributed by atoms with Gasteiger partial charge in [-0.1, -0.05) is 19.1 Å². The molecule has 0 atom stereocenters. The molecular weight excluding hydrogens is 338 g/mol. The van der Waals surface area contributed by atoms with Gasteiger partial charge in [0.2, 0.25) is 5.91 Å². The molecule has 2 saturated heterocycles. The SMILES string of the molecule is CC1CCN(CCCCNC(=O)c2cccc(CN3CCCC3=O)c2)CC1. The Kier molecular flexibility index (Phi) is 7.27. The van der Waals surface area contributed by atoms with Crippen LogP contribution in [0.3, 0.4) is 0 Å². The number of hydrogen-bond acceptors (Lipinski definition) is 3. The first-order chi connectivity index (χ1) is 13.1. The Morgan fingerprint density at radius 1 is 1.19 bits per heavy atom. The Balaban J connectivity index is 1.36. The van der Waals surface area contributed by atoms with Crippen LogP contribution in [0.4, 0.5) is 0 Å². The minimum atomic E-state index is -0.0172. The topological polar surface area (TPSA) is 52.7 Å². The minimum absolute atomic E-state index is 0.0172. The summed E-state index contributed by atoms with van der Waals surface area (Å²) in [6, 6.07) is 7.65. The van der Waals surface area contributed by atoms with Crippen molar-refractivity contribution in [3.63, 3.8) is 0 Å². The molecule has 3 rings (SSSR count). The van der Waals surface area contributed by atoms with Crippen molar-refractivity contribution in [3.8, 4) is 0 Å². The first-order valence-corrected chi connectivity index (χ1v) is 10.5. The number of carbonyl (C=O) groups excluding carboxylic acids is 2. The van der Waals surface area contributed by atoms with Gasteiger partial charge < -0.3 is 15.1 Å². The van der Waals surface area contributed by atoms with Gasteiger partial charge in [-0.2, -0.15) is 0 Å². The van der Waals surface area contributed by atoms with Crippen LogP contribution in [0.1, 0.15) is 61.4 Å². The molecule has 27 heavy (non-hydrogen) atoms. The molecule has 2 fully saturated rings. The van der Waals surface area contributed by atoms with Crippen molar-refractivity contribution in [2.75, 3.05) is 32.7 Å². The van der Waals surface area contributed by atoms with E-state index in [4.69, 9.17) is 0 Å².